The molecule has 2 N–H and O–H groups in total. The van der Waals surface area contributed by atoms with Crippen molar-refractivity contribution in [3.05, 3.63) is 47.0 Å². The first-order valence-corrected chi connectivity index (χ1v) is 5.79. The lowest BCUT2D eigenvalue weighted by Gasteiger charge is -2.09. The summed E-state index contributed by atoms with van der Waals surface area (Å²) in [6.07, 6.45) is 3.43. The highest BCUT2D eigenvalue weighted by molar-refractivity contribution is 6.31. The molecule has 3 rings (SSSR count). The maximum Gasteiger partial charge on any atom is 0.0924 e. The van der Waals surface area contributed by atoms with Crippen LogP contribution >= 0.6 is 11.6 Å². The minimum absolute atomic E-state index is 0.708. The molecule has 1 aliphatic heterocycles. The molecule has 0 atom stereocenters. The Balaban J connectivity index is 2.17. The summed E-state index contributed by atoms with van der Waals surface area (Å²) < 4.78 is 0. The Labute approximate surface area is 104 Å². The minimum Gasteiger partial charge on any atom is -0.383 e. The predicted octanol–water partition coefficient (Wildman–Crippen LogP) is 2.33. The number of nitrogens with one attached hydrogen (secondary N) is 2. The maximum absolute atomic E-state index is 6.05. The average Bonchev–Trinajstić information content (AvgIpc) is 2.77. The third-order valence-electron chi connectivity index (χ3n) is 2.69. The molecule has 0 bridgehead atoms. The van der Waals surface area contributed by atoms with Gasteiger partial charge in [0.1, 0.15) is 0 Å². The molecule has 0 fully saturated rings. The molecule has 0 aliphatic carbocycles. The maximum atomic E-state index is 6.05. The number of hydrogen-bond donors (Lipinski definition) is 2. The van der Waals surface area contributed by atoms with Gasteiger partial charge in [-0.2, -0.15) is 0 Å². The van der Waals surface area contributed by atoms with Gasteiger partial charge < -0.3 is 10.3 Å². The summed E-state index contributed by atoms with van der Waals surface area (Å²) in [5, 5.41) is 4.04. The third-order valence-corrected chi connectivity index (χ3v) is 2.92. The van der Waals surface area contributed by atoms with E-state index in [0.717, 1.165) is 35.7 Å². The molecule has 0 amide bonds. The van der Waals surface area contributed by atoms with Crippen LogP contribution in [0.5, 0.6) is 0 Å². The van der Waals surface area contributed by atoms with Crippen molar-refractivity contribution in [1.82, 2.24) is 9.97 Å². The Bertz CT molecular complexity index is 560. The molecule has 5 heteroatoms. The van der Waals surface area contributed by atoms with Gasteiger partial charge in [-0.1, -0.05) is 11.6 Å². The molecule has 0 unspecified atom stereocenters. The fourth-order valence-electron chi connectivity index (χ4n) is 1.93. The number of aromatic amines is 1. The summed E-state index contributed by atoms with van der Waals surface area (Å²) in [5.41, 5.74) is 3.89. The van der Waals surface area contributed by atoms with Gasteiger partial charge in [-0.25, -0.2) is 4.98 Å². The number of aromatic nitrogens is 2. The van der Waals surface area contributed by atoms with Crippen LogP contribution in [-0.2, 0) is 0 Å². The van der Waals surface area contributed by atoms with Crippen molar-refractivity contribution in [2.75, 3.05) is 18.4 Å². The lowest BCUT2D eigenvalue weighted by molar-refractivity contribution is 1.03. The zero-order chi connectivity index (χ0) is 11.7. The normalized spacial score (nSPS) is 14.5. The first-order valence-electron chi connectivity index (χ1n) is 5.41. The SMILES string of the molecule is Clc1ccc2c(c1)C(c1cnc[nH]1)=NCCN2. The van der Waals surface area contributed by atoms with Gasteiger partial charge in [-0.3, -0.25) is 4.99 Å². The van der Waals surface area contributed by atoms with E-state index in [0.29, 0.717) is 5.02 Å². The van der Waals surface area contributed by atoms with Crippen molar-refractivity contribution in [3.63, 3.8) is 0 Å². The van der Waals surface area contributed by atoms with E-state index in [1.807, 2.05) is 18.2 Å². The molecule has 0 saturated heterocycles. The smallest absolute Gasteiger partial charge is 0.0924 e. The topological polar surface area (TPSA) is 53.1 Å². The first-order chi connectivity index (χ1) is 8.34. The lowest BCUT2D eigenvalue weighted by Crippen LogP contribution is -2.05. The Morgan fingerprint density at radius 3 is 3.06 bits per heavy atom. The summed E-state index contributed by atoms with van der Waals surface area (Å²) in [4.78, 5) is 11.7. The minimum atomic E-state index is 0.708. The highest BCUT2D eigenvalue weighted by atomic mass is 35.5. The standard InChI is InChI=1S/C12H11ClN4/c13-8-1-2-10-9(5-8)12(16-4-3-15-10)11-6-14-7-17-11/h1-2,5-7,15H,3-4H2,(H,14,17). The number of benzodiazepines with no additional fused rings is 1. The number of fused-ring (bicyclic) bond motifs is 1. The van der Waals surface area contributed by atoms with Gasteiger partial charge >= 0.3 is 0 Å². The van der Waals surface area contributed by atoms with E-state index in [1.54, 1.807) is 12.5 Å². The second kappa shape index (κ2) is 4.22. The molecule has 1 aromatic heterocycles. The van der Waals surface area contributed by atoms with E-state index >= 15 is 0 Å². The fourth-order valence-corrected chi connectivity index (χ4v) is 2.10. The third kappa shape index (κ3) is 1.91. The summed E-state index contributed by atoms with van der Waals surface area (Å²) in [7, 11) is 0. The highest BCUT2D eigenvalue weighted by Crippen LogP contribution is 2.24. The molecule has 17 heavy (non-hydrogen) atoms. The van der Waals surface area contributed by atoms with E-state index in [1.165, 1.54) is 0 Å². The second-order valence-electron chi connectivity index (χ2n) is 3.81. The van der Waals surface area contributed by atoms with Crippen LogP contribution in [0, 0.1) is 0 Å². The van der Waals surface area contributed by atoms with Crippen molar-refractivity contribution in [3.8, 4) is 0 Å². The van der Waals surface area contributed by atoms with Gasteiger partial charge in [0.2, 0.25) is 0 Å². The van der Waals surface area contributed by atoms with Crippen molar-refractivity contribution >= 4 is 23.0 Å². The molecule has 0 spiro atoms. The number of nitrogens with zero attached hydrogens (tertiary/aromatic N) is 2. The van der Waals surface area contributed by atoms with E-state index in [2.05, 4.69) is 20.3 Å². The summed E-state index contributed by atoms with van der Waals surface area (Å²) >= 11 is 6.05. The first kappa shape index (κ1) is 10.4. The van der Waals surface area contributed by atoms with Crippen molar-refractivity contribution in [1.29, 1.82) is 0 Å². The van der Waals surface area contributed by atoms with Gasteiger partial charge in [0, 0.05) is 22.8 Å². The number of imidazole rings is 1. The number of hydrogen-bond acceptors (Lipinski definition) is 3. The van der Waals surface area contributed by atoms with Crippen LogP contribution in [0.4, 0.5) is 5.69 Å². The fraction of sp³-hybridized carbons (Fsp3) is 0.167. The molecule has 0 radical (unpaired) electrons. The number of benzene rings is 1. The van der Waals surface area contributed by atoms with Crippen molar-refractivity contribution in [2.24, 2.45) is 4.99 Å². The molecule has 0 saturated carbocycles. The van der Waals surface area contributed by atoms with Crippen LogP contribution in [-0.4, -0.2) is 28.8 Å². The van der Waals surface area contributed by atoms with Gasteiger partial charge in [-0.15, -0.1) is 0 Å². The van der Waals surface area contributed by atoms with E-state index in [4.69, 9.17) is 11.6 Å². The van der Waals surface area contributed by atoms with Crippen LogP contribution in [0.2, 0.25) is 5.02 Å². The Hall–Kier alpha value is -1.81. The zero-order valence-corrected chi connectivity index (χ0v) is 9.83. The van der Waals surface area contributed by atoms with Crippen LogP contribution in [0.3, 0.4) is 0 Å². The Kier molecular flexibility index (Phi) is 2.57. The quantitative estimate of drug-likeness (QED) is 0.812. The summed E-state index contributed by atoms with van der Waals surface area (Å²) in [6.45, 7) is 1.56. The summed E-state index contributed by atoms with van der Waals surface area (Å²) in [6, 6.07) is 5.78. The number of anilines is 1. The number of rotatable bonds is 1. The van der Waals surface area contributed by atoms with Crippen molar-refractivity contribution < 1.29 is 0 Å². The van der Waals surface area contributed by atoms with E-state index < -0.39 is 0 Å². The lowest BCUT2D eigenvalue weighted by atomic mass is 10.1. The molecule has 1 aromatic carbocycles. The van der Waals surface area contributed by atoms with Gasteiger partial charge in [0.05, 0.1) is 30.5 Å². The molecule has 1 aliphatic rings. The van der Waals surface area contributed by atoms with Gasteiger partial charge in [-0.05, 0) is 18.2 Å². The van der Waals surface area contributed by atoms with Crippen LogP contribution in [0.25, 0.3) is 0 Å². The molecule has 2 heterocycles. The van der Waals surface area contributed by atoms with Crippen LogP contribution in [0.1, 0.15) is 11.3 Å². The predicted molar refractivity (Wildman–Crippen MR) is 69.0 cm³/mol. The Morgan fingerprint density at radius 1 is 1.29 bits per heavy atom. The largest absolute Gasteiger partial charge is 0.383 e. The molecular formula is C12H11ClN4. The number of aliphatic imine (C=N–C) groups is 1. The molecule has 2 aromatic rings. The van der Waals surface area contributed by atoms with E-state index in [9.17, 15) is 0 Å². The number of halogens is 1. The molecular weight excluding hydrogens is 236 g/mol. The van der Waals surface area contributed by atoms with Crippen molar-refractivity contribution in [2.45, 2.75) is 0 Å². The Morgan fingerprint density at radius 2 is 2.24 bits per heavy atom. The van der Waals surface area contributed by atoms with Gasteiger partial charge in [0.15, 0.2) is 0 Å². The second-order valence-corrected chi connectivity index (χ2v) is 4.25. The van der Waals surface area contributed by atoms with Crippen LogP contribution < -0.4 is 5.32 Å². The average molecular weight is 247 g/mol. The molecule has 4 nitrogen and oxygen atoms in total. The van der Waals surface area contributed by atoms with E-state index in [-0.39, 0.29) is 0 Å². The van der Waals surface area contributed by atoms with Crippen LogP contribution in [0.15, 0.2) is 35.7 Å². The van der Waals surface area contributed by atoms with Gasteiger partial charge in [0.25, 0.3) is 0 Å². The monoisotopic (exact) mass is 246 g/mol. The summed E-state index contributed by atoms with van der Waals surface area (Å²) in [5.74, 6) is 0. The zero-order valence-electron chi connectivity index (χ0n) is 9.07. The highest BCUT2D eigenvalue weighted by Gasteiger charge is 2.15. The number of H-pyrrole nitrogens is 1. The molecule has 86 valence electrons.